The van der Waals surface area contributed by atoms with Crippen LogP contribution in [-0.2, 0) is 14.3 Å². The van der Waals surface area contributed by atoms with Gasteiger partial charge in [0.25, 0.3) is 0 Å². The van der Waals surface area contributed by atoms with Gasteiger partial charge >= 0.3 is 11.9 Å². The van der Waals surface area contributed by atoms with Gasteiger partial charge in [0.2, 0.25) is 0 Å². The maximum atomic E-state index is 11.9. The zero-order chi connectivity index (χ0) is 19.1. The average molecular weight is 350 g/mol. The molecular weight excluding hydrogens is 320 g/mol. The van der Waals surface area contributed by atoms with Gasteiger partial charge in [0.05, 0.1) is 24.3 Å². The van der Waals surface area contributed by atoms with Crippen molar-refractivity contribution in [3.05, 3.63) is 35.4 Å². The lowest BCUT2D eigenvalue weighted by atomic mass is 10.1. The van der Waals surface area contributed by atoms with Gasteiger partial charge in [0.15, 0.2) is 0 Å². The first-order valence-corrected chi connectivity index (χ1v) is 8.90. The topological polar surface area (TPSA) is 69.7 Å². The van der Waals surface area contributed by atoms with E-state index in [0.29, 0.717) is 19.6 Å². The fourth-order valence-electron chi connectivity index (χ4n) is 1.61. The van der Waals surface area contributed by atoms with Crippen molar-refractivity contribution >= 4 is 17.7 Å². The number of hydrogen-bond donors (Lipinski definition) is 0. The van der Waals surface area contributed by atoms with Crippen LogP contribution in [0.15, 0.2) is 24.3 Å². The van der Waals surface area contributed by atoms with Crippen LogP contribution in [0.2, 0.25) is 0 Å². The fraction of sp³-hybridized carbons (Fsp3) is 0.550. The first kappa shape index (κ1) is 22.8. The molecule has 0 aliphatic heterocycles. The molecule has 0 aliphatic carbocycles. The number of Topliss-reactive ketones (excluding diaryl/α,β-unsaturated/α-hetero) is 1. The van der Waals surface area contributed by atoms with Crippen LogP contribution >= 0.6 is 0 Å². The molecule has 0 aromatic heterocycles. The first-order valence-electron chi connectivity index (χ1n) is 8.90. The average Bonchev–Trinajstić information content (AvgIpc) is 2.62. The highest BCUT2D eigenvalue weighted by atomic mass is 16.5. The monoisotopic (exact) mass is 350 g/mol. The first-order chi connectivity index (χ1) is 12.0. The highest BCUT2D eigenvalue weighted by Gasteiger charge is 2.18. The van der Waals surface area contributed by atoms with E-state index in [0.717, 1.165) is 25.7 Å². The van der Waals surface area contributed by atoms with Gasteiger partial charge in [0.1, 0.15) is 5.78 Å². The van der Waals surface area contributed by atoms with Gasteiger partial charge in [-0.05, 0) is 31.9 Å². The molecule has 0 heterocycles. The Morgan fingerprint density at radius 3 is 1.44 bits per heavy atom. The number of hydrogen-bond acceptors (Lipinski definition) is 5. The Hall–Kier alpha value is -2.17. The molecule has 25 heavy (non-hydrogen) atoms. The molecule has 5 nitrogen and oxygen atoms in total. The van der Waals surface area contributed by atoms with E-state index < -0.39 is 11.9 Å². The van der Waals surface area contributed by atoms with Gasteiger partial charge < -0.3 is 14.3 Å². The van der Waals surface area contributed by atoms with Gasteiger partial charge in [-0.25, -0.2) is 9.59 Å². The summed E-state index contributed by atoms with van der Waals surface area (Å²) in [4.78, 5) is 33.7. The van der Waals surface area contributed by atoms with E-state index in [1.165, 1.54) is 0 Å². The minimum absolute atomic E-state index is 0.255. The van der Waals surface area contributed by atoms with Gasteiger partial charge in [0, 0.05) is 6.42 Å². The van der Waals surface area contributed by atoms with E-state index in [1.54, 1.807) is 31.2 Å². The van der Waals surface area contributed by atoms with Crippen LogP contribution in [0.25, 0.3) is 0 Å². The predicted octanol–water partition coefficient (Wildman–Crippen LogP) is 4.59. The minimum Gasteiger partial charge on any atom is -0.462 e. The van der Waals surface area contributed by atoms with Crippen molar-refractivity contribution < 1.29 is 23.9 Å². The molecule has 0 atom stereocenters. The maximum absolute atomic E-state index is 11.9. The summed E-state index contributed by atoms with van der Waals surface area (Å²) >= 11 is 0. The van der Waals surface area contributed by atoms with E-state index in [4.69, 9.17) is 9.47 Å². The Morgan fingerprint density at radius 1 is 0.800 bits per heavy atom. The molecular formula is C20H30O5. The van der Waals surface area contributed by atoms with Crippen molar-refractivity contribution in [3.8, 4) is 0 Å². The molecule has 1 aromatic carbocycles. The van der Waals surface area contributed by atoms with Crippen molar-refractivity contribution in [2.24, 2.45) is 0 Å². The number of rotatable bonds is 9. The normalized spacial score (nSPS) is 9.60. The Morgan fingerprint density at radius 2 is 1.16 bits per heavy atom. The summed E-state index contributed by atoms with van der Waals surface area (Å²) in [5.74, 6) is -0.687. The molecule has 0 radical (unpaired) electrons. The van der Waals surface area contributed by atoms with Gasteiger partial charge in [-0.2, -0.15) is 0 Å². The molecule has 0 saturated carbocycles. The zero-order valence-electron chi connectivity index (χ0n) is 15.8. The number of ketones is 1. The summed E-state index contributed by atoms with van der Waals surface area (Å²) in [6, 6.07) is 6.59. The van der Waals surface area contributed by atoms with Crippen LogP contribution < -0.4 is 0 Å². The number of ether oxygens (including phenoxy) is 2. The van der Waals surface area contributed by atoms with Crippen LogP contribution in [0.3, 0.4) is 0 Å². The van der Waals surface area contributed by atoms with Crippen LogP contribution in [-0.4, -0.2) is 30.9 Å². The Kier molecular flexibility index (Phi) is 13.0. The van der Waals surface area contributed by atoms with Crippen LogP contribution in [0.1, 0.15) is 80.5 Å². The van der Waals surface area contributed by atoms with Crippen molar-refractivity contribution in [2.75, 3.05) is 13.2 Å². The summed E-state index contributed by atoms with van der Waals surface area (Å²) in [5, 5.41) is 0. The molecule has 0 spiro atoms. The second-order valence-corrected chi connectivity index (χ2v) is 5.58. The van der Waals surface area contributed by atoms with E-state index >= 15 is 0 Å². The Bertz CT molecular complexity index is 496. The third kappa shape index (κ3) is 10.3. The third-order valence-corrected chi connectivity index (χ3v) is 3.33. The smallest absolute Gasteiger partial charge is 0.339 e. The largest absolute Gasteiger partial charge is 0.462 e. The molecule has 0 bridgehead atoms. The lowest BCUT2D eigenvalue weighted by Gasteiger charge is -2.09. The molecule has 0 unspecified atom stereocenters. The lowest BCUT2D eigenvalue weighted by molar-refractivity contribution is -0.116. The fourth-order valence-corrected chi connectivity index (χ4v) is 1.61. The number of esters is 2. The second-order valence-electron chi connectivity index (χ2n) is 5.58. The number of benzene rings is 1. The molecule has 0 fully saturated rings. The maximum Gasteiger partial charge on any atom is 0.339 e. The summed E-state index contributed by atoms with van der Waals surface area (Å²) in [5.41, 5.74) is 0.537. The quantitative estimate of drug-likeness (QED) is 0.481. The molecule has 1 aromatic rings. The number of carbonyl (C=O) groups is 3. The van der Waals surface area contributed by atoms with E-state index in [-0.39, 0.29) is 16.9 Å². The van der Waals surface area contributed by atoms with Crippen molar-refractivity contribution in [1.29, 1.82) is 0 Å². The molecule has 5 heteroatoms. The highest BCUT2D eigenvalue weighted by molar-refractivity contribution is 6.03. The van der Waals surface area contributed by atoms with Gasteiger partial charge in [-0.1, -0.05) is 45.7 Å². The molecule has 0 amide bonds. The molecule has 1 rings (SSSR count). The molecule has 0 aliphatic rings. The van der Waals surface area contributed by atoms with Gasteiger partial charge in [-0.3, -0.25) is 0 Å². The van der Waals surface area contributed by atoms with Crippen LogP contribution in [0.4, 0.5) is 0 Å². The molecule has 0 N–H and O–H groups in total. The SMILES string of the molecule is CCC(C)=O.CCCCOC(=O)c1ccccc1C(=O)OCCCC. The summed E-state index contributed by atoms with van der Waals surface area (Å²) in [6.45, 7) is 8.21. The minimum atomic E-state index is -0.471. The summed E-state index contributed by atoms with van der Waals surface area (Å²) in [6.07, 6.45) is 4.20. The van der Waals surface area contributed by atoms with Gasteiger partial charge in [-0.15, -0.1) is 0 Å². The van der Waals surface area contributed by atoms with Crippen molar-refractivity contribution in [3.63, 3.8) is 0 Å². The van der Waals surface area contributed by atoms with Crippen molar-refractivity contribution in [1.82, 2.24) is 0 Å². The number of carbonyl (C=O) groups excluding carboxylic acids is 3. The standard InChI is InChI=1S/C16H22O4.C4H8O/c1-3-5-11-19-15(17)13-9-7-8-10-14(13)16(18)20-12-6-4-2;1-3-4(2)5/h7-10H,3-6,11-12H2,1-2H3;3H2,1-2H3. The van der Waals surface area contributed by atoms with E-state index in [2.05, 4.69) is 0 Å². The molecule has 140 valence electrons. The zero-order valence-corrected chi connectivity index (χ0v) is 15.8. The van der Waals surface area contributed by atoms with Crippen molar-refractivity contribution in [2.45, 2.75) is 59.8 Å². The predicted molar refractivity (Wildman–Crippen MR) is 97.8 cm³/mol. The van der Waals surface area contributed by atoms with Crippen LogP contribution in [0, 0.1) is 0 Å². The van der Waals surface area contributed by atoms with Crippen LogP contribution in [0.5, 0.6) is 0 Å². The Balaban J connectivity index is 0.00000101. The third-order valence-electron chi connectivity index (χ3n) is 3.33. The highest BCUT2D eigenvalue weighted by Crippen LogP contribution is 2.12. The summed E-state index contributed by atoms with van der Waals surface area (Å²) in [7, 11) is 0. The lowest BCUT2D eigenvalue weighted by Crippen LogP contribution is -2.14. The second kappa shape index (κ2) is 14.2. The summed E-state index contributed by atoms with van der Waals surface area (Å²) < 4.78 is 10.3. The van der Waals surface area contributed by atoms with E-state index in [9.17, 15) is 14.4 Å². The number of unbranched alkanes of at least 4 members (excludes halogenated alkanes) is 2. The van der Waals surface area contributed by atoms with E-state index in [1.807, 2.05) is 20.8 Å². The molecule has 0 saturated heterocycles. The Labute approximate surface area is 150 Å².